The molecule has 0 spiro atoms. The zero-order chi connectivity index (χ0) is 27.8. The van der Waals surface area contributed by atoms with Crippen molar-refractivity contribution >= 4 is 44.5 Å². The summed E-state index contributed by atoms with van der Waals surface area (Å²) in [6.07, 6.45) is -3.69. The molecular formula is C23H26ClF3N6O4S. The first-order chi connectivity index (χ1) is 17.8. The number of alkyl halides is 3. The molecular weight excluding hydrogens is 549 g/mol. The molecule has 0 saturated carbocycles. The smallest absolute Gasteiger partial charge is 0.375 e. The number of rotatable bonds is 7. The van der Waals surface area contributed by atoms with Crippen LogP contribution >= 0.6 is 11.6 Å². The zero-order valence-corrected chi connectivity index (χ0v) is 22.3. The standard InChI is InChI=1S/C23H26ClF3N6O4S/c1-13(37-3)18-17(12-28-22-30-21(24)31-33(18)22)29-16-6-4-14(5-7-16)19(23(25,26)27)32(2)20(34)15-8-10-38(35,36)11-9-15/h4-7,12-13,15,19,29H,8-11H2,1-3H3/t13-,19+/m1/s1. The van der Waals surface area contributed by atoms with Gasteiger partial charge in [0.05, 0.1) is 35.2 Å². The van der Waals surface area contributed by atoms with E-state index in [1.807, 2.05) is 0 Å². The second-order valence-corrected chi connectivity index (χ2v) is 11.7. The van der Waals surface area contributed by atoms with Gasteiger partial charge in [-0.2, -0.15) is 22.7 Å². The molecule has 2 aromatic heterocycles. The van der Waals surface area contributed by atoms with Gasteiger partial charge in [-0.15, -0.1) is 5.10 Å². The Labute approximate surface area is 222 Å². The number of halogens is 4. The molecule has 0 radical (unpaired) electrons. The summed E-state index contributed by atoms with van der Waals surface area (Å²) in [5.41, 5.74) is 1.35. The van der Waals surface area contributed by atoms with E-state index in [0.29, 0.717) is 22.0 Å². The second kappa shape index (κ2) is 10.7. The molecule has 38 heavy (non-hydrogen) atoms. The van der Waals surface area contributed by atoms with Crippen molar-refractivity contribution < 1.29 is 31.1 Å². The number of fused-ring (bicyclic) bond motifs is 1. The lowest BCUT2D eigenvalue weighted by atomic mass is 9.98. The molecule has 10 nitrogen and oxygen atoms in total. The number of carbonyl (C=O) groups excluding carboxylic acids is 1. The van der Waals surface area contributed by atoms with Gasteiger partial charge in [-0.05, 0) is 49.1 Å². The Kier molecular flexibility index (Phi) is 7.86. The minimum atomic E-state index is -4.75. The van der Waals surface area contributed by atoms with Crippen LogP contribution in [0.4, 0.5) is 24.5 Å². The van der Waals surface area contributed by atoms with E-state index in [9.17, 15) is 26.4 Å². The highest BCUT2D eigenvalue weighted by Crippen LogP contribution is 2.39. The number of amides is 1. The summed E-state index contributed by atoms with van der Waals surface area (Å²) in [5, 5.41) is 7.23. The highest BCUT2D eigenvalue weighted by atomic mass is 35.5. The van der Waals surface area contributed by atoms with Crippen molar-refractivity contribution in [1.82, 2.24) is 24.5 Å². The minimum Gasteiger partial charge on any atom is -0.375 e. The summed E-state index contributed by atoms with van der Waals surface area (Å²) in [5.74, 6) is -1.67. The average Bonchev–Trinajstić information content (AvgIpc) is 3.23. The lowest BCUT2D eigenvalue weighted by Gasteiger charge is -2.34. The molecule has 0 bridgehead atoms. The molecule has 1 amide bonds. The lowest BCUT2D eigenvalue weighted by molar-refractivity contribution is -0.190. The molecule has 4 rings (SSSR count). The van der Waals surface area contributed by atoms with E-state index in [-0.39, 0.29) is 41.0 Å². The normalized spacial score (nSPS) is 17.8. The third-order valence-corrected chi connectivity index (χ3v) is 8.45. The van der Waals surface area contributed by atoms with Crippen LogP contribution in [0.3, 0.4) is 0 Å². The van der Waals surface area contributed by atoms with E-state index in [2.05, 4.69) is 20.4 Å². The maximum absolute atomic E-state index is 14.1. The summed E-state index contributed by atoms with van der Waals surface area (Å²) >= 11 is 5.92. The number of nitrogens with zero attached hydrogens (tertiary/aromatic N) is 5. The van der Waals surface area contributed by atoms with Crippen molar-refractivity contribution in [1.29, 1.82) is 0 Å². The first kappa shape index (κ1) is 28.0. The predicted octanol–water partition coefficient (Wildman–Crippen LogP) is 4.12. The molecule has 3 aromatic rings. The van der Waals surface area contributed by atoms with Gasteiger partial charge < -0.3 is 15.0 Å². The molecule has 0 aliphatic carbocycles. The van der Waals surface area contributed by atoms with Gasteiger partial charge in [-0.3, -0.25) is 4.79 Å². The zero-order valence-electron chi connectivity index (χ0n) is 20.7. The number of hydrogen-bond donors (Lipinski definition) is 1. The Balaban J connectivity index is 1.59. The van der Waals surface area contributed by atoms with Gasteiger partial charge in [0.2, 0.25) is 11.2 Å². The van der Waals surface area contributed by atoms with E-state index < -0.39 is 40.0 Å². The Morgan fingerprint density at radius 1 is 1.24 bits per heavy atom. The average molecular weight is 575 g/mol. The monoisotopic (exact) mass is 574 g/mol. The minimum absolute atomic E-state index is 0.00438. The SMILES string of the molecule is CO[C@H](C)c1c(Nc2ccc([C@H](N(C)C(=O)C3CCS(=O)(=O)CC3)C(F)(F)F)cc2)cnc2nc(Cl)nn12. The summed E-state index contributed by atoms with van der Waals surface area (Å²) in [6.45, 7) is 1.78. The molecule has 15 heteroatoms. The number of sulfone groups is 1. The van der Waals surface area contributed by atoms with Crippen molar-refractivity contribution in [3.05, 3.63) is 47.0 Å². The summed E-state index contributed by atoms with van der Waals surface area (Å²) in [6, 6.07) is 3.29. The van der Waals surface area contributed by atoms with E-state index in [1.54, 1.807) is 6.92 Å². The van der Waals surface area contributed by atoms with Crippen molar-refractivity contribution in [2.45, 2.75) is 38.1 Å². The van der Waals surface area contributed by atoms with Crippen LogP contribution in [-0.4, -0.2) is 70.6 Å². The van der Waals surface area contributed by atoms with Crippen LogP contribution in [0.2, 0.25) is 5.28 Å². The number of aromatic nitrogens is 4. The summed E-state index contributed by atoms with van der Waals surface area (Å²) < 4.78 is 72.6. The van der Waals surface area contributed by atoms with Gasteiger partial charge in [-0.1, -0.05) is 12.1 Å². The highest BCUT2D eigenvalue weighted by molar-refractivity contribution is 7.91. The van der Waals surface area contributed by atoms with Crippen molar-refractivity contribution in [2.75, 3.05) is 31.0 Å². The molecule has 1 aromatic carbocycles. The van der Waals surface area contributed by atoms with Gasteiger partial charge in [0, 0.05) is 25.8 Å². The van der Waals surface area contributed by atoms with Crippen LogP contribution in [0.5, 0.6) is 0 Å². The quantitative estimate of drug-likeness (QED) is 0.448. The first-order valence-corrected chi connectivity index (χ1v) is 13.9. The molecule has 1 saturated heterocycles. The molecule has 206 valence electrons. The van der Waals surface area contributed by atoms with Crippen LogP contribution in [0.1, 0.15) is 43.2 Å². The van der Waals surface area contributed by atoms with Gasteiger partial charge in [0.15, 0.2) is 6.04 Å². The van der Waals surface area contributed by atoms with Crippen LogP contribution < -0.4 is 5.32 Å². The fourth-order valence-electron chi connectivity index (χ4n) is 4.51. The lowest BCUT2D eigenvalue weighted by Crippen LogP contribution is -2.44. The number of methoxy groups -OCH3 is 1. The molecule has 1 aliphatic rings. The van der Waals surface area contributed by atoms with E-state index in [4.69, 9.17) is 16.3 Å². The number of carbonyl (C=O) groups is 1. The summed E-state index contributed by atoms with van der Waals surface area (Å²) in [4.78, 5) is 21.8. The van der Waals surface area contributed by atoms with Crippen LogP contribution in [0.25, 0.3) is 5.78 Å². The fraction of sp³-hybridized carbons (Fsp3) is 0.478. The molecule has 1 aliphatic heterocycles. The number of ether oxygens (including phenoxy) is 1. The number of anilines is 2. The van der Waals surface area contributed by atoms with Crippen LogP contribution in [-0.2, 0) is 19.4 Å². The van der Waals surface area contributed by atoms with E-state index in [1.165, 1.54) is 42.1 Å². The molecule has 2 atom stereocenters. The van der Waals surface area contributed by atoms with E-state index in [0.717, 1.165) is 7.05 Å². The van der Waals surface area contributed by atoms with Gasteiger partial charge in [-0.25, -0.2) is 13.4 Å². The van der Waals surface area contributed by atoms with Crippen LogP contribution in [0.15, 0.2) is 30.5 Å². The number of nitrogens with one attached hydrogen (secondary N) is 1. The molecule has 1 N–H and O–H groups in total. The summed E-state index contributed by atoms with van der Waals surface area (Å²) in [7, 11) is -0.651. The Morgan fingerprint density at radius 2 is 1.87 bits per heavy atom. The fourth-order valence-corrected chi connectivity index (χ4v) is 6.16. The topological polar surface area (TPSA) is 119 Å². The molecule has 1 fully saturated rings. The molecule has 0 unspecified atom stereocenters. The van der Waals surface area contributed by atoms with Crippen molar-refractivity contribution in [3.8, 4) is 0 Å². The predicted molar refractivity (Wildman–Crippen MR) is 134 cm³/mol. The van der Waals surface area contributed by atoms with Gasteiger partial charge >= 0.3 is 6.18 Å². The van der Waals surface area contributed by atoms with Gasteiger partial charge in [0.1, 0.15) is 9.84 Å². The Hall–Kier alpha value is -2.97. The third-order valence-electron chi connectivity index (χ3n) is 6.57. The van der Waals surface area contributed by atoms with Crippen molar-refractivity contribution in [3.63, 3.8) is 0 Å². The second-order valence-electron chi connectivity index (χ2n) is 9.09. The molecule has 3 heterocycles. The Bertz CT molecular complexity index is 1420. The van der Waals surface area contributed by atoms with Crippen LogP contribution in [0, 0.1) is 5.92 Å². The third kappa shape index (κ3) is 5.86. The van der Waals surface area contributed by atoms with Gasteiger partial charge in [0.25, 0.3) is 5.78 Å². The van der Waals surface area contributed by atoms with Crippen molar-refractivity contribution in [2.24, 2.45) is 5.92 Å². The first-order valence-electron chi connectivity index (χ1n) is 11.7. The highest BCUT2D eigenvalue weighted by Gasteiger charge is 2.46. The Morgan fingerprint density at radius 3 is 2.45 bits per heavy atom. The number of hydrogen-bond acceptors (Lipinski definition) is 8. The maximum Gasteiger partial charge on any atom is 0.413 e. The maximum atomic E-state index is 14.1. The number of benzene rings is 1. The largest absolute Gasteiger partial charge is 0.413 e. The van der Waals surface area contributed by atoms with E-state index >= 15 is 0 Å².